The first-order valence-electron chi connectivity index (χ1n) is 11.7. The van der Waals surface area contributed by atoms with Crippen LogP contribution < -0.4 is 10.2 Å². The number of ether oxygens (including phenoxy) is 1. The van der Waals surface area contributed by atoms with E-state index in [9.17, 15) is 0 Å². The molecule has 0 aliphatic rings. The van der Waals surface area contributed by atoms with Gasteiger partial charge in [0, 0.05) is 0 Å². The number of aryl methyl sites for hydroxylation is 2. The van der Waals surface area contributed by atoms with Gasteiger partial charge in [-0.15, -0.1) is 12.4 Å². The minimum absolute atomic E-state index is 0. The van der Waals surface area contributed by atoms with E-state index < -0.39 is 0 Å². The fourth-order valence-corrected chi connectivity index (χ4v) is 3.85. The van der Waals surface area contributed by atoms with Gasteiger partial charge in [-0.3, -0.25) is 4.84 Å². The van der Waals surface area contributed by atoms with Gasteiger partial charge in [0.2, 0.25) is 6.29 Å². The van der Waals surface area contributed by atoms with Gasteiger partial charge in [0.05, 0.1) is 5.54 Å². The zero-order valence-corrected chi connectivity index (χ0v) is 20.9. The molecule has 174 valence electrons. The molecule has 0 aliphatic carbocycles. The van der Waals surface area contributed by atoms with Gasteiger partial charge < -0.3 is 4.74 Å². The molecule has 4 heteroatoms. The van der Waals surface area contributed by atoms with Crippen LogP contribution in [0.2, 0.25) is 0 Å². The maximum atomic E-state index is 6.14. The molecule has 0 saturated carbocycles. The van der Waals surface area contributed by atoms with Crippen molar-refractivity contribution >= 4 is 12.4 Å². The Kier molecular flexibility index (Phi) is 12.9. The Bertz CT molecular complexity index is 748. The van der Waals surface area contributed by atoms with Gasteiger partial charge in [-0.2, -0.15) is 5.48 Å². The SMILES string of the molecule is CCCCCCCCc1ccccc1OC(C)ONC(C)(C)c1ccccc1CC.Cl. The molecule has 0 fully saturated rings. The van der Waals surface area contributed by atoms with Gasteiger partial charge in [-0.05, 0) is 62.8 Å². The fraction of sp³-hybridized carbons (Fsp3) is 0.556. The molecule has 1 unspecified atom stereocenters. The van der Waals surface area contributed by atoms with Crippen molar-refractivity contribution in [1.82, 2.24) is 5.48 Å². The van der Waals surface area contributed by atoms with Crippen molar-refractivity contribution in [3.63, 3.8) is 0 Å². The highest BCUT2D eigenvalue weighted by Gasteiger charge is 2.24. The Morgan fingerprint density at radius 2 is 1.45 bits per heavy atom. The molecule has 0 saturated heterocycles. The third-order valence-electron chi connectivity index (χ3n) is 5.62. The summed E-state index contributed by atoms with van der Waals surface area (Å²) in [6, 6.07) is 16.8. The average molecular weight is 448 g/mol. The molecule has 31 heavy (non-hydrogen) atoms. The van der Waals surface area contributed by atoms with Gasteiger partial charge in [0.1, 0.15) is 5.75 Å². The molecule has 3 nitrogen and oxygen atoms in total. The van der Waals surface area contributed by atoms with Crippen LogP contribution in [0.25, 0.3) is 0 Å². The highest BCUT2D eigenvalue weighted by atomic mass is 35.5. The van der Waals surface area contributed by atoms with E-state index in [2.05, 4.69) is 69.6 Å². The first-order valence-corrected chi connectivity index (χ1v) is 11.7. The molecule has 0 amide bonds. The highest BCUT2D eigenvalue weighted by Crippen LogP contribution is 2.26. The van der Waals surface area contributed by atoms with Crippen LogP contribution in [0.15, 0.2) is 48.5 Å². The second-order valence-electron chi connectivity index (χ2n) is 8.67. The Hall–Kier alpha value is -1.55. The van der Waals surface area contributed by atoms with Crippen LogP contribution in [-0.4, -0.2) is 6.29 Å². The minimum atomic E-state index is -0.385. The van der Waals surface area contributed by atoms with Gasteiger partial charge in [-0.1, -0.05) is 88.4 Å². The number of nitrogens with one attached hydrogen (secondary N) is 1. The van der Waals surface area contributed by atoms with Gasteiger partial charge >= 0.3 is 0 Å². The molecule has 0 heterocycles. The summed E-state index contributed by atoms with van der Waals surface area (Å²) in [6.07, 6.45) is 9.48. The zero-order valence-electron chi connectivity index (χ0n) is 20.1. The Balaban J connectivity index is 0.00000480. The first-order chi connectivity index (χ1) is 14.5. The molecule has 0 aliphatic heterocycles. The van der Waals surface area contributed by atoms with E-state index in [1.165, 1.54) is 55.2 Å². The summed E-state index contributed by atoms with van der Waals surface area (Å²) in [5, 5.41) is 0. The number of unbranched alkanes of at least 4 members (excludes halogenated alkanes) is 5. The summed E-state index contributed by atoms with van der Waals surface area (Å²) in [4.78, 5) is 5.92. The lowest BCUT2D eigenvalue weighted by molar-refractivity contribution is -0.145. The van der Waals surface area contributed by atoms with Gasteiger partial charge in [-0.25, -0.2) is 0 Å². The van der Waals surface area contributed by atoms with Crippen molar-refractivity contribution in [2.75, 3.05) is 0 Å². The van der Waals surface area contributed by atoms with Gasteiger partial charge in [0.15, 0.2) is 0 Å². The molecule has 2 aromatic rings. The van der Waals surface area contributed by atoms with Crippen LogP contribution in [0, 0.1) is 0 Å². The average Bonchev–Trinajstić information content (AvgIpc) is 2.76. The molecule has 0 spiro atoms. The minimum Gasteiger partial charge on any atom is -0.463 e. The molecule has 1 N–H and O–H groups in total. The van der Waals surface area contributed by atoms with Crippen LogP contribution in [0.5, 0.6) is 5.75 Å². The molecule has 2 aromatic carbocycles. The van der Waals surface area contributed by atoms with E-state index >= 15 is 0 Å². The van der Waals surface area contributed by atoms with E-state index in [0.717, 1.165) is 18.6 Å². The monoisotopic (exact) mass is 447 g/mol. The van der Waals surface area contributed by atoms with Crippen LogP contribution in [0.4, 0.5) is 0 Å². The largest absolute Gasteiger partial charge is 0.463 e. The summed E-state index contributed by atoms with van der Waals surface area (Å²) in [6.45, 7) is 10.7. The summed E-state index contributed by atoms with van der Waals surface area (Å²) in [5.74, 6) is 0.923. The van der Waals surface area contributed by atoms with E-state index in [0.29, 0.717) is 0 Å². The molecular formula is C27H42ClNO2. The van der Waals surface area contributed by atoms with Crippen molar-refractivity contribution in [3.05, 3.63) is 65.2 Å². The van der Waals surface area contributed by atoms with Crippen molar-refractivity contribution in [2.24, 2.45) is 0 Å². The van der Waals surface area contributed by atoms with Crippen LogP contribution in [-0.2, 0) is 23.2 Å². The number of hydrogen-bond donors (Lipinski definition) is 1. The van der Waals surface area contributed by atoms with Gasteiger partial charge in [0.25, 0.3) is 0 Å². The van der Waals surface area contributed by atoms with E-state index in [1.807, 2.05) is 19.1 Å². The molecule has 0 bridgehead atoms. The zero-order chi connectivity index (χ0) is 21.8. The lowest BCUT2D eigenvalue weighted by Crippen LogP contribution is -2.40. The fourth-order valence-electron chi connectivity index (χ4n) is 3.85. The summed E-state index contributed by atoms with van der Waals surface area (Å²) < 4.78 is 6.14. The summed E-state index contributed by atoms with van der Waals surface area (Å²) >= 11 is 0. The topological polar surface area (TPSA) is 30.5 Å². The van der Waals surface area contributed by atoms with Crippen molar-refractivity contribution in [3.8, 4) is 5.75 Å². The summed E-state index contributed by atoms with van der Waals surface area (Å²) in [5.41, 5.74) is 6.78. The number of halogens is 1. The quantitative estimate of drug-likeness (QED) is 0.182. The Labute approximate surface area is 196 Å². The van der Waals surface area contributed by atoms with Crippen molar-refractivity contribution in [2.45, 2.75) is 97.8 Å². The predicted octanol–water partition coefficient (Wildman–Crippen LogP) is 7.76. The first kappa shape index (κ1) is 27.5. The highest BCUT2D eigenvalue weighted by molar-refractivity contribution is 5.85. The summed E-state index contributed by atoms with van der Waals surface area (Å²) in [7, 11) is 0. The Morgan fingerprint density at radius 1 is 0.839 bits per heavy atom. The standard InChI is InChI=1S/C27H41NO2.ClH/c1-6-8-9-10-11-12-18-24-19-14-16-21-26(24)29-22(3)30-28-27(4,5)25-20-15-13-17-23(25)7-2;/h13-17,19-22,28H,6-12,18H2,1-5H3;1H. The van der Waals surface area contributed by atoms with Crippen molar-refractivity contribution < 1.29 is 9.57 Å². The maximum Gasteiger partial charge on any atom is 0.215 e. The number of hydrogen-bond acceptors (Lipinski definition) is 3. The van der Waals surface area contributed by atoms with E-state index in [-0.39, 0.29) is 24.2 Å². The normalized spacial score (nSPS) is 12.3. The van der Waals surface area contributed by atoms with E-state index in [4.69, 9.17) is 9.57 Å². The lowest BCUT2D eigenvalue weighted by Gasteiger charge is -2.30. The van der Waals surface area contributed by atoms with Crippen LogP contribution in [0.1, 0.15) is 89.8 Å². The second kappa shape index (κ2) is 14.5. The maximum absolute atomic E-state index is 6.14. The van der Waals surface area contributed by atoms with E-state index in [1.54, 1.807) is 0 Å². The molecular weight excluding hydrogens is 406 g/mol. The molecule has 2 rings (SSSR count). The van der Waals surface area contributed by atoms with Crippen molar-refractivity contribution in [1.29, 1.82) is 0 Å². The number of benzene rings is 2. The third kappa shape index (κ3) is 9.22. The number of hydroxylamine groups is 1. The molecule has 0 radical (unpaired) electrons. The molecule has 0 aromatic heterocycles. The number of rotatable bonds is 14. The van der Waals surface area contributed by atoms with Crippen LogP contribution in [0.3, 0.4) is 0 Å². The molecule has 1 atom stereocenters. The predicted molar refractivity (Wildman–Crippen MR) is 134 cm³/mol. The smallest absolute Gasteiger partial charge is 0.215 e. The van der Waals surface area contributed by atoms with Crippen LogP contribution >= 0.6 is 12.4 Å². The Morgan fingerprint density at radius 3 is 2.16 bits per heavy atom. The second-order valence-corrected chi connectivity index (χ2v) is 8.67. The number of para-hydroxylation sites is 1. The lowest BCUT2D eigenvalue weighted by atomic mass is 9.90. The third-order valence-corrected chi connectivity index (χ3v) is 5.62.